The summed E-state index contributed by atoms with van der Waals surface area (Å²) >= 11 is 0. The fourth-order valence-electron chi connectivity index (χ4n) is 2.89. The average Bonchev–Trinajstić information content (AvgIpc) is 2.99. The van der Waals surface area contributed by atoms with Crippen LogP contribution in [0.15, 0.2) is 23.4 Å². The molecule has 1 aromatic carbocycles. The maximum absolute atomic E-state index is 13.3. The number of hydrogen-bond acceptors (Lipinski definition) is 3. The Morgan fingerprint density at radius 3 is 2.85 bits per heavy atom. The maximum Gasteiger partial charge on any atom is 0.170 e. The van der Waals surface area contributed by atoms with E-state index in [1.165, 1.54) is 37.8 Å². The lowest BCUT2D eigenvalue weighted by Gasteiger charge is -2.21. The molecule has 0 radical (unpaired) electrons. The van der Waals surface area contributed by atoms with Crippen LogP contribution < -0.4 is 11.1 Å². The van der Waals surface area contributed by atoms with Crippen molar-refractivity contribution in [2.75, 3.05) is 0 Å². The van der Waals surface area contributed by atoms with Crippen LogP contribution in [0.4, 0.5) is 4.39 Å². The summed E-state index contributed by atoms with van der Waals surface area (Å²) in [6, 6.07) is 4.79. The third-order valence-corrected chi connectivity index (χ3v) is 4.18. The van der Waals surface area contributed by atoms with Crippen LogP contribution in [-0.2, 0) is 6.54 Å². The first kappa shape index (κ1) is 14.8. The minimum atomic E-state index is -0.390. The first-order valence-electron chi connectivity index (χ1n) is 7.11. The van der Waals surface area contributed by atoms with Gasteiger partial charge in [-0.3, -0.25) is 0 Å². The molecule has 110 valence electrons. The Bertz CT molecular complexity index is 484. The predicted molar refractivity (Wildman–Crippen MR) is 77.2 cm³/mol. The highest BCUT2D eigenvalue weighted by Gasteiger charge is 2.21. The molecule has 1 aromatic rings. The van der Waals surface area contributed by atoms with Crippen LogP contribution in [0.25, 0.3) is 0 Å². The zero-order valence-electron chi connectivity index (χ0n) is 11.8. The van der Waals surface area contributed by atoms with Crippen molar-refractivity contribution < 1.29 is 9.60 Å². The van der Waals surface area contributed by atoms with E-state index >= 15 is 0 Å². The van der Waals surface area contributed by atoms with Gasteiger partial charge in [-0.25, -0.2) is 4.39 Å². The molecule has 4 N–H and O–H groups in total. The van der Waals surface area contributed by atoms with Gasteiger partial charge in [0.1, 0.15) is 5.82 Å². The van der Waals surface area contributed by atoms with E-state index in [0.717, 1.165) is 5.56 Å². The summed E-state index contributed by atoms with van der Waals surface area (Å²) in [4.78, 5) is 0. The van der Waals surface area contributed by atoms with Crippen molar-refractivity contribution in [2.24, 2.45) is 16.8 Å². The Balaban J connectivity index is 2.05. The van der Waals surface area contributed by atoms with Crippen LogP contribution >= 0.6 is 0 Å². The average molecular weight is 279 g/mol. The van der Waals surface area contributed by atoms with Gasteiger partial charge in [0.05, 0.1) is 0 Å². The third kappa shape index (κ3) is 3.48. The second-order valence-electron chi connectivity index (χ2n) is 5.50. The quantitative estimate of drug-likeness (QED) is 0.336. The zero-order valence-corrected chi connectivity index (χ0v) is 11.8. The maximum atomic E-state index is 13.3. The second-order valence-corrected chi connectivity index (χ2v) is 5.50. The molecule has 1 aliphatic rings. The zero-order chi connectivity index (χ0) is 14.5. The first-order chi connectivity index (χ1) is 9.61. The van der Waals surface area contributed by atoms with Crippen LogP contribution in [0, 0.1) is 11.7 Å². The lowest BCUT2D eigenvalue weighted by atomic mass is 9.99. The van der Waals surface area contributed by atoms with Gasteiger partial charge in [-0.1, -0.05) is 24.1 Å². The minimum absolute atomic E-state index is 0.0604. The SMILES string of the molecule is C[C@H](NCc1ccc(F)cc1/C(N)=N/O)C1CCCC1. The molecule has 4 nitrogen and oxygen atoms in total. The van der Waals surface area contributed by atoms with E-state index in [2.05, 4.69) is 17.4 Å². The number of nitrogens with one attached hydrogen (secondary N) is 1. The summed E-state index contributed by atoms with van der Waals surface area (Å²) < 4.78 is 13.3. The Labute approximate surface area is 118 Å². The molecule has 1 aliphatic carbocycles. The van der Waals surface area contributed by atoms with Crippen molar-refractivity contribution in [2.45, 2.75) is 45.2 Å². The van der Waals surface area contributed by atoms with E-state index in [9.17, 15) is 4.39 Å². The van der Waals surface area contributed by atoms with Gasteiger partial charge >= 0.3 is 0 Å². The molecule has 2 rings (SSSR count). The third-order valence-electron chi connectivity index (χ3n) is 4.18. The van der Waals surface area contributed by atoms with Gasteiger partial charge in [0.25, 0.3) is 0 Å². The number of nitrogens with zero attached hydrogens (tertiary/aromatic N) is 1. The molecule has 0 aromatic heterocycles. The topological polar surface area (TPSA) is 70.6 Å². The number of nitrogens with two attached hydrogens (primary N) is 1. The predicted octanol–water partition coefficient (Wildman–Crippen LogP) is 2.59. The van der Waals surface area contributed by atoms with Crippen LogP contribution in [0.3, 0.4) is 0 Å². The van der Waals surface area contributed by atoms with Gasteiger partial charge in [0, 0.05) is 18.2 Å². The largest absolute Gasteiger partial charge is 0.409 e. The van der Waals surface area contributed by atoms with Gasteiger partial charge in [0.15, 0.2) is 5.84 Å². The molecule has 1 fully saturated rings. The molecule has 1 atom stereocenters. The lowest BCUT2D eigenvalue weighted by Crippen LogP contribution is -2.32. The molecule has 0 unspecified atom stereocenters. The second kappa shape index (κ2) is 6.70. The van der Waals surface area contributed by atoms with Crippen molar-refractivity contribution in [1.29, 1.82) is 0 Å². The molecular formula is C15H22FN3O. The Kier molecular flexibility index (Phi) is 4.95. The van der Waals surface area contributed by atoms with Crippen molar-refractivity contribution in [1.82, 2.24) is 5.32 Å². The van der Waals surface area contributed by atoms with Crippen molar-refractivity contribution in [3.05, 3.63) is 35.1 Å². The van der Waals surface area contributed by atoms with Gasteiger partial charge in [-0.05, 0) is 43.4 Å². The highest BCUT2D eigenvalue weighted by Crippen LogP contribution is 2.27. The summed E-state index contributed by atoms with van der Waals surface area (Å²) in [5.74, 6) is 0.261. The summed E-state index contributed by atoms with van der Waals surface area (Å²) in [6.45, 7) is 2.77. The normalized spacial score (nSPS) is 18.4. The molecule has 20 heavy (non-hydrogen) atoms. The highest BCUT2D eigenvalue weighted by molar-refractivity contribution is 5.98. The molecular weight excluding hydrogens is 257 g/mol. The van der Waals surface area contributed by atoms with E-state index in [-0.39, 0.29) is 11.7 Å². The smallest absolute Gasteiger partial charge is 0.170 e. The molecule has 0 spiro atoms. The molecule has 0 heterocycles. The summed E-state index contributed by atoms with van der Waals surface area (Å²) in [5.41, 5.74) is 6.88. The molecule has 0 aliphatic heterocycles. The molecule has 1 saturated carbocycles. The number of oxime groups is 1. The van der Waals surface area contributed by atoms with Gasteiger partial charge in [-0.2, -0.15) is 0 Å². The van der Waals surface area contributed by atoms with E-state index in [1.54, 1.807) is 6.07 Å². The lowest BCUT2D eigenvalue weighted by molar-refractivity contribution is 0.318. The van der Waals surface area contributed by atoms with Crippen LogP contribution in [-0.4, -0.2) is 17.1 Å². The number of rotatable bonds is 5. The van der Waals surface area contributed by atoms with E-state index in [1.807, 2.05) is 0 Å². The van der Waals surface area contributed by atoms with E-state index in [4.69, 9.17) is 10.9 Å². The van der Waals surface area contributed by atoms with Crippen LogP contribution in [0.5, 0.6) is 0 Å². The first-order valence-corrected chi connectivity index (χ1v) is 7.11. The van der Waals surface area contributed by atoms with Crippen LogP contribution in [0.2, 0.25) is 0 Å². The Morgan fingerprint density at radius 2 is 2.20 bits per heavy atom. The Hall–Kier alpha value is -1.62. The standard InChI is InChI=1S/C15H22FN3O/c1-10(11-4-2-3-5-11)18-9-12-6-7-13(16)8-14(12)15(17)19-20/h6-8,10-11,18,20H,2-5,9H2,1H3,(H2,17,19)/t10-/m0/s1. The highest BCUT2D eigenvalue weighted by atomic mass is 19.1. The van der Waals surface area contributed by atoms with Crippen molar-refractivity contribution in [3.63, 3.8) is 0 Å². The summed E-state index contributed by atoms with van der Waals surface area (Å²) in [5, 5.41) is 15.2. The molecule has 0 saturated heterocycles. The summed E-state index contributed by atoms with van der Waals surface area (Å²) in [7, 11) is 0. The molecule has 5 heteroatoms. The minimum Gasteiger partial charge on any atom is -0.409 e. The molecule has 0 bridgehead atoms. The fraction of sp³-hybridized carbons (Fsp3) is 0.533. The van der Waals surface area contributed by atoms with E-state index in [0.29, 0.717) is 24.1 Å². The van der Waals surface area contributed by atoms with Crippen LogP contribution in [0.1, 0.15) is 43.7 Å². The Morgan fingerprint density at radius 1 is 1.50 bits per heavy atom. The monoisotopic (exact) mass is 279 g/mol. The fourth-order valence-corrected chi connectivity index (χ4v) is 2.89. The number of benzene rings is 1. The van der Waals surface area contributed by atoms with Gasteiger partial charge < -0.3 is 16.3 Å². The summed E-state index contributed by atoms with van der Waals surface area (Å²) in [6.07, 6.45) is 5.15. The number of amidine groups is 1. The van der Waals surface area contributed by atoms with E-state index < -0.39 is 0 Å². The van der Waals surface area contributed by atoms with Gasteiger partial charge in [-0.15, -0.1) is 0 Å². The van der Waals surface area contributed by atoms with Gasteiger partial charge in [0.2, 0.25) is 0 Å². The number of halogens is 1. The van der Waals surface area contributed by atoms with Crippen molar-refractivity contribution in [3.8, 4) is 0 Å². The number of hydrogen-bond donors (Lipinski definition) is 3. The molecule has 0 amide bonds. The van der Waals surface area contributed by atoms with Crippen molar-refractivity contribution >= 4 is 5.84 Å².